The molecule has 4 heteroatoms. The maximum absolute atomic E-state index is 6.08. The Kier molecular flexibility index (Phi) is 4.15. The highest BCUT2D eigenvalue weighted by molar-refractivity contribution is 5.64. The second kappa shape index (κ2) is 5.63. The maximum Gasteiger partial charge on any atom is 0.148 e. The van der Waals surface area contributed by atoms with Crippen molar-refractivity contribution in [2.75, 3.05) is 17.6 Å². The predicted molar refractivity (Wildman–Crippen MR) is 76.7 cm³/mol. The van der Waals surface area contributed by atoms with E-state index in [1.165, 1.54) is 25.7 Å². The van der Waals surface area contributed by atoms with E-state index < -0.39 is 0 Å². The van der Waals surface area contributed by atoms with Crippen molar-refractivity contribution in [3.63, 3.8) is 0 Å². The zero-order valence-corrected chi connectivity index (χ0v) is 11.9. The van der Waals surface area contributed by atoms with Gasteiger partial charge >= 0.3 is 0 Å². The van der Waals surface area contributed by atoms with Crippen LogP contribution in [0.5, 0.6) is 0 Å². The van der Waals surface area contributed by atoms with Gasteiger partial charge < -0.3 is 11.1 Å². The summed E-state index contributed by atoms with van der Waals surface area (Å²) in [6.45, 7) is 8.32. The second-order valence-electron chi connectivity index (χ2n) is 5.68. The summed E-state index contributed by atoms with van der Waals surface area (Å²) in [6.07, 6.45) is 5.45. The van der Waals surface area contributed by atoms with E-state index in [0.29, 0.717) is 0 Å². The third-order valence-corrected chi connectivity index (χ3v) is 4.08. The predicted octanol–water partition coefficient (Wildman–Crippen LogP) is 3.03. The Morgan fingerprint density at radius 2 is 2.22 bits per heavy atom. The highest BCUT2D eigenvalue weighted by Crippen LogP contribution is 2.29. The number of aryl methyl sites for hydroxylation is 2. The highest BCUT2D eigenvalue weighted by Gasteiger charge is 2.20. The average Bonchev–Trinajstić information content (AvgIpc) is 2.63. The number of nitrogens with two attached hydrogens (primary N) is 1. The molecular formula is C14H26N4. The van der Waals surface area contributed by atoms with Crippen LogP contribution >= 0.6 is 0 Å². The standard InChI is InChI=1S/C14H26N4/c1-4-18-14(13(15)11(3)17-18)16-9-12-7-5-6-10(2)8-12/h10,12,16H,4-9,15H2,1-3H3. The van der Waals surface area contributed by atoms with Crippen molar-refractivity contribution in [2.24, 2.45) is 11.8 Å². The number of anilines is 2. The summed E-state index contributed by atoms with van der Waals surface area (Å²) < 4.78 is 1.97. The number of hydrogen-bond donors (Lipinski definition) is 2. The first kappa shape index (κ1) is 13.2. The van der Waals surface area contributed by atoms with Crippen LogP contribution < -0.4 is 11.1 Å². The average molecular weight is 250 g/mol. The number of nitrogens with one attached hydrogen (secondary N) is 1. The molecule has 1 aliphatic rings. The molecule has 0 aromatic carbocycles. The van der Waals surface area contributed by atoms with Crippen LogP contribution in [0, 0.1) is 18.8 Å². The molecule has 0 spiro atoms. The Morgan fingerprint density at radius 3 is 2.89 bits per heavy atom. The van der Waals surface area contributed by atoms with Gasteiger partial charge in [-0.2, -0.15) is 5.10 Å². The quantitative estimate of drug-likeness (QED) is 0.863. The minimum absolute atomic E-state index is 0.786. The van der Waals surface area contributed by atoms with Crippen molar-refractivity contribution in [3.8, 4) is 0 Å². The van der Waals surface area contributed by atoms with Crippen LogP contribution in [-0.2, 0) is 6.54 Å². The zero-order chi connectivity index (χ0) is 13.1. The topological polar surface area (TPSA) is 55.9 Å². The van der Waals surface area contributed by atoms with Crippen LogP contribution in [0.4, 0.5) is 11.5 Å². The minimum atomic E-state index is 0.786. The van der Waals surface area contributed by atoms with E-state index in [1.807, 2.05) is 11.6 Å². The summed E-state index contributed by atoms with van der Waals surface area (Å²) in [6, 6.07) is 0. The monoisotopic (exact) mass is 250 g/mol. The van der Waals surface area contributed by atoms with Gasteiger partial charge in [0.05, 0.1) is 11.4 Å². The lowest BCUT2D eigenvalue weighted by molar-refractivity contribution is 0.293. The van der Waals surface area contributed by atoms with E-state index in [4.69, 9.17) is 5.73 Å². The van der Waals surface area contributed by atoms with Gasteiger partial charge in [0.2, 0.25) is 0 Å². The highest BCUT2D eigenvalue weighted by atomic mass is 15.3. The van der Waals surface area contributed by atoms with E-state index in [-0.39, 0.29) is 0 Å². The lowest BCUT2D eigenvalue weighted by atomic mass is 9.82. The molecule has 2 rings (SSSR count). The van der Waals surface area contributed by atoms with Gasteiger partial charge in [0.25, 0.3) is 0 Å². The van der Waals surface area contributed by atoms with Gasteiger partial charge in [0.15, 0.2) is 0 Å². The molecule has 0 aliphatic heterocycles. The van der Waals surface area contributed by atoms with E-state index in [1.54, 1.807) is 0 Å². The normalized spacial score (nSPS) is 24.2. The Hall–Kier alpha value is -1.19. The van der Waals surface area contributed by atoms with Crippen molar-refractivity contribution in [1.82, 2.24) is 9.78 Å². The van der Waals surface area contributed by atoms with Crippen LogP contribution in [-0.4, -0.2) is 16.3 Å². The second-order valence-corrected chi connectivity index (χ2v) is 5.68. The van der Waals surface area contributed by atoms with E-state index in [0.717, 1.165) is 42.1 Å². The molecule has 2 unspecified atom stereocenters. The fourth-order valence-electron chi connectivity index (χ4n) is 3.00. The van der Waals surface area contributed by atoms with Crippen molar-refractivity contribution in [1.29, 1.82) is 0 Å². The largest absolute Gasteiger partial charge is 0.394 e. The summed E-state index contributed by atoms with van der Waals surface area (Å²) in [4.78, 5) is 0. The molecule has 3 N–H and O–H groups in total. The molecule has 1 saturated carbocycles. The van der Waals surface area contributed by atoms with Crippen molar-refractivity contribution >= 4 is 11.5 Å². The Bertz CT molecular complexity index is 397. The summed E-state index contributed by atoms with van der Waals surface area (Å²) >= 11 is 0. The first-order valence-electron chi connectivity index (χ1n) is 7.18. The molecule has 18 heavy (non-hydrogen) atoms. The van der Waals surface area contributed by atoms with E-state index in [9.17, 15) is 0 Å². The zero-order valence-electron chi connectivity index (χ0n) is 11.9. The fourth-order valence-corrected chi connectivity index (χ4v) is 3.00. The number of rotatable bonds is 4. The summed E-state index contributed by atoms with van der Waals surface area (Å²) in [7, 11) is 0. The summed E-state index contributed by atoms with van der Waals surface area (Å²) in [5.74, 6) is 2.67. The van der Waals surface area contributed by atoms with Crippen molar-refractivity contribution in [3.05, 3.63) is 5.69 Å². The van der Waals surface area contributed by atoms with Crippen LogP contribution in [0.2, 0.25) is 0 Å². The molecule has 0 saturated heterocycles. The fraction of sp³-hybridized carbons (Fsp3) is 0.786. The van der Waals surface area contributed by atoms with E-state index >= 15 is 0 Å². The number of aromatic nitrogens is 2. The smallest absolute Gasteiger partial charge is 0.148 e. The van der Waals surface area contributed by atoms with Gasteiger partial charge in [0.1, 0.15) is 5.82 Å². The molecule has 1 aromatic heterocycles. The molecule has 0 radical (unpaired) electrons. The number of nitrogens with zero attached hydrogens (tertiary/aromatic N) is 2. The molecule has 102 valence electrons. The first-order chi connectivity index (χ1) is 8.61. The van der Waals surface area contributed by atoms with Crippen molar-refractivity contribution < 1.29 is 0 Å². The van der Waals surface area contributed by atoms with Gasteiger partial charge in [-0.15, -0.1) is 0 Å². The first-order valence-corrected chi connectivity index (χ1v) is 7.18. The van der Waals surface area contributed by atoms with Gasteiger partial charge in [-0.25, -0.2) is 4.68 Å². The van der Waals surface area contributed by atoms with Crippen LogP contribution in [0.3, 0.4) is 0 Å². The Morgan fingerprint density at radius 1 is 1.44 bits per heavy atom. The SMILES string of the molecule is CCn1nc(C)c(N)c1NCC1CCCC(C)C1. The molecule has 1 heterocycles. The van der Waals surface area contributed by atoms with Gasteiger partial charge in [-0.3, -0.25) is 0 Å². The molecule has 0 amide bonds. The molecule has 0 bridgehead atoms. The molecule has 1 aromatic rings. The number of nitrogen functional groups attached to an aromatic ring is 1. The molecule has 1 fully saturated rings. The lowest BCUT2D eigenvalue weighted by Gasteiger charge is -2.27. The van der Waals surface area contributed by atoms with Crippen LogP contribution in [0.15, 0.2) is 0 Å². The third-order valence-electron chi connectivity index (χ3n) is 4.08. The van der Waals surface area contributed by atoms with E-state index in [2.05, 4.69) is 24.3 Å². The Balaban J connectivity index is 1.97. The maximum atomic E-state index is 6.08. The summed E-state index contributed by atoms with van der Waals surface area (Å²) in [5.41, 5.74) is 7.81. The van der Waals surface area contributed by atoms with Crippen LogP contribution in [0.1, 0.15) is 45.2 Å². The summed E-state index contributed by atoms with van der Waals surface area (Å²) in [5, 5.41) is 7.96. The number of hydrogen-bond acceptors (Lipinski definition) is 3. The van der Waals surface area contributed by atoms with Gasteiger partial charge in [-0.05, 0) is 38.5 Å². The molecule has 1 aliphatic carbocycles. The van der Waals surface area contributed by atoms with Crippen molar-refractivity contribution in [2.45, 2.75) is 53.0 Å². The van der Waals surface area contributed by atoms with Gasteiger partial charge in [0, 0.05) is 13.1 Å². The third kappa shape index (κ3) is 2.79. The van der Waals surface area contributed by atoms with Gasteiger partial charge in [-0.1, -0.05) is 19.8 Å². The molecule has 4 nitrogen and oxygen atoms in total. The lowest BCUT2D eigenvalue weighted by Crippen LogP contribution is -2.22. The Labute approximate surface area is 110 Å². The van der Waals surface area contributed by atoms with Crippen LogP contribution in [0.25, 0.3) is 0 Å². The minimum Gasteiger partial charge on any atom is -0.394 e. The molecule has 2 atom stereocenters. The molecular weight excluding hydrogens is 224 g/mol.